The maximum absolute atomic E-state index is 8.26. The van der Waals surface area contributed by atoms with Gasteiger partial charge in [-0.15, -0.1) is 0 Å². The lowest BCUT2D eigenvalue weighted by atomic mass is 9.29. The van der Waals surface area contributed by atoms with E-state index in [4.69, 9.17) is 6.57 Å². The molecule has 0 radical (unpaired) electrons. The first-order valence-electron chi connectivity index (χ1n) is 14.1. The zero-order chi connectivity index (χ0) is 27.1. The van der Waals surface area contributed by atoms with Gasteiger partial charge in [-0.2, -0.15) is 0 Å². The van der Waals surface area contributed by atoms with Crippen molar-refractivity contribution >= 4 is 50.6 Å². The summed E-state index contributed by atoms with van der Waals surface area (Å²) < 4.78 is 2.43. The van der Waals surface area contributed by atoms with Crippen molar-refractivity contribution in [3.8, 4) is 5.69 Å². The van der Waals surface area contributed by atoms with Crippen LogP contribution < -0.4 is 16.4 Å². The first-order valence-corrected chi connectivity index (χ1v) is 14.1. The Labute approximate surface area is 239 Å². The van der Waals surface area contributed by atoms with E-state index < -0.39 is 5.41 Å². The average Bonchev–Trinajstić information content (AvgIpc) is 3.39. The van der Waals surface area contributed by atoms with Crippen molar-refractivity contribution in [3.05, 3.63) is 173 Å². The minimum atomic E-state index is -0.506. The third-order valence-corrected chi connectivity index (χ3v) is 9.37. The van der Waals surface area contributed by atoms with Crippen LogP contribution in [0.2, 0.25) is 0 Å². The number of aromatic nitrogens is 1. The molecule has 0 amide bonds. The van der Waals surface area contributed by atoms with Gasteiger partial charge in [-0.1, -0.05) is 133 Å². The van der Waals surface area contributed by atoms with Crippen LogP contribution >= 0.6 is 0 Å². The zero-order valence-corrected chi connectivity index (χ0v) is 22.3. The molecule has 9 rings (SSSR count). The highest BCUT2D eigenvalue weighted by atomic mass is 15.0. The number of hydrogen-bond acceptors (Lipinski definition) is 0. The van der Waals surface area contributed by atoms with Crippen LogP contribution in [0.3, 0.4) is 0 Å². The molecule has 0 spiro atoms. The predicted molar refractivity (Wildman–Crippen MR) is 170 cm³/mol. The number of para-hydroxylation sites is 1. The Kier molecular flexibility index (Phi) is 4.44. The van der Waals surface area contributed by atoms with E-state index in [0.717, 1.165) is 16.7 Å². The maximum atomic E-state index is 8.26. The fourth-order valence-electron chi connectivity index (χ4n) is 7.94. The fraction of sp³-hybridized carbons (Fsp3) is 0.0263. The van der Waals surface area contributed by atoms with E-state index in [1.165, 1.54) is 55.2 Å². The van der Waals surface area contributed by atoms with E-state index >= 15 is 0 Å². The van der Waals surface area contributed by atoms with Gasteiger partial charge in [0.25, 0.3) is 0 Å². The van der Waals surface area contributed by atoms with Gasteiger partial charge in [0, 0.05) is 22.0 Å². The third kappa shape index (κ3) is 2.67. The van der Waals surface area contributed by atoms with Gasteiger partial charge in [-0.25, -0.2) is 4.85 Å². The first kappa shape index (κ1) is 22.5. The summed E-state index contributed by atoms with van der Waals surface area (Å²) >= 11 is 0. The van der Waals surface area contributed by atoms with Gasteiger partial charge in [-0.05, 0) is 45.3 Å². The lowest BCUT2D eigenvalue weighted by molar-refractivity contribution is 0.750. The highest BCUT2D eigenvalue weighted by Gasteiger charge is 2.50. The van der Waals surface area contributed by atoms with Gasteiger partial charge in [0.05, 0.1) is 17.5 Å². The van der Waals surface area contributed by atoms with Gasteiger partial charge < -0.3 is 4.57 Å². The lowest BCUT2D eigenvalue weighted by Gasteiger charge is -2.46. The SMILES string of the molecule is [C-]#[N+]c1ccc2c3ccccc3n3c2c1B1c2ccccc2C(c2ccccc2)(c2ccccc2)c2cccc-3c21. The molecule has 0 saturated carbocycles. The summed E-state index contributed by atoms with van der Waals surface area (Å²) in [5, 5.41) is 2.43. The van der Waals surface area contributed by atoms with Crippen LogP contribution in [0.25, 0.3) is 32.3 Å². The molecule has 0 unspecified atom stereocenters. The molecule has 0 aliphatic carbocycles. The summed E-state index contributed by atoms with van der Waals surface area (Å²) in [5.74, 6) is 0. The van der Waals surface area contributed by atoms with Crippen LogP contribution in [0, 0.1) is 6.57 Å². The van der Waals surface area contributed by atoms with E-state index in [1.807, 2.05) is 6.07 Å². The quantitative estimate of drug-likeness (QED) is 0.175. The second-order valence-electron chi connectivity index (χ2n) is 11.1. The van der Waals surface area contributed by atoms with Crippen LogP contribution in [-0.4, -0.2) is 11.3 Å². The number of fused-ring (bicyclic) bond motifs is 7. The smallest absolute Gasteiger partial charge is 0.236 e. The molecule has 41 heavy (non-hydrogen) atoms. The summed E-state index contributed by atoms with van der Waals surface area (Å²) in [4.78, 5) is 4.12. The topological polar surface area (TPSA) is 9.29 Å². The minimum absolute atomic E-state index is 0.0393. The molecule has 2 nitrogen and oxygen atoms in total. The second kappa shape index (κ2) is 8.10. The van der Waals surface area contributed by atoms with Gasteiger partial charge in [0.2, 0.25) is 6.71 Å². The Morgan fingerprint density at radius 3 is 1.98 bits per heavy atom. The molecular weight excluding hydrogens is 495 g/mol. The number of nitrogens with zero attached hydrogens (tertiary/aromatic N) is 2. The molecule has 0 bridgehead atoms. The van der Waals surface area contributed by atoms with E-state index in [-0.39, 0.29) is 6.71 Å². The normalized spacial score (nSPS) is 14.0. The van der Waals surface area contributed by atoms with Crippen molar-refractivity contribution in [2.75, 3.05) is 0 Å². The molecule has 1 aromatic heterocycles. The molecule has 7 aromatic rings. The predicted octanol–water partition coefficient (Wildman–Crippen LogP) is 6.86. The minimum Gasteiger partial charge on any atom is -0.312 e. The van der Waals surface area contributed by atoms with Crippen LogP contribution in [0.5, 0.6) is 0 Å². The zero-order valence-electron chi connectivity index (χ0n) is 22.3. The van der Waals surface area contributed by atoms with Gasteiger partial charge in [0.1, 0.15) is 0 Å². The van der Waals surface area contributed by atoms with Crippen LogP contribution in [-0.2, 0) is 5.41 Å². The average molecular weight is 518 g/mol. The molecule has 2 aliphatic rings. The van der Waals surface area contributed by atoms with E-state index in [2.05, 4.69) is 143 Å². The third-order valence-electron chi connectivity index (χ3n) is 9.37. The van der Waals surface area contributed by atoms with Crippen LogP contribution in [0.4, 0.5) is 5.69 Å². The highest BCUT2D eigenvalue weighted by molar-refractivity contribution is 7.00. The Morgan fingerprint density at radius 1 is 0.561 bits per heavy atom. The summed E-state index contributed by atoms with van der Waals surface area (Å²) in [6.45, 7) is 8.22. The van der Waals surface area contributed by atoms with Crippen molar-refractivity contribution in [1.82, 2.24) is 4.57 Å². The Balaban J connectivity index is 1.55. The van der Waals surface area contributed by atoms with Crippen molar-refractivity contribution < 1.29 is 0 Å². The molecule has 0 N–H and O–H groups in total. The van der Waals surface area contributed by atoms with Gasteiger partial charge in [-0.3, -0.25) is 0 Å². The summed E-state index contributed by atoms with van der Waals surface area (Å²) in [5.41, 5.74) is 12.5. The van der Waals surface area contributed by atoms with Gasteiger partial charge in [0.15, 0.2) is 5.69 Å². The molecule has 0 saturated heterocycles. The van der Waals surface area contributed by atoms with Crippen molar-refractivity contribution in [1.29, 1.82) is 0 Å². The summed E-state index contributed by atoms with van der Waals surface area (Å²) in [6, 6.07) is 50.5. The molecular formula is C38H23BN2. The molecule has 2 aliphatic heterocycles. The van der Waals surface area contributed by atoms with E-state index in [0.29, 0.717) is 0 Å². The number of hydrogen-bond donors (Lipinski definition) is 0. The molecule has 0 fully saturated rings. The van der Waals surface area contributed by atoms with E-state index in [9.17, 15) is 0 Å². The highest BCUT2D eigenvalue weighted by Crippen LogP contribution is 2.48. The Morgan fingerprint density at radius 2 is 1.22 bits per heavy atom. The summed E-state index contributed by atoms with van der Waals surface area (Å²) in [6.07, 6.45) is 0. The monoisotopic (exact) mass is 518 g/mol. The second-order valence-corrected chi connectivity index (χ2v) is 11.1. The van der Waals surface area contributed by atoms with Crippen LogP contribution in [0.15, 0.2) is 140 Å². The maximum Gasteiger partial charge on any atom is 0.236 e. The first-order chi connectivity index (χ1) is 20.3. The van der Waals surface area contributed by atoms with Crippen LogP contribution in [0.1, 0.15) is 22.3 Å². The molecule has 6 aromatic carbocycles. The molecule has 3 heterocycles. The van der Waals surface area contributed by atoms with Gasteiger partial charge >= 0.3 is 0 Å². The Bertz CT molecular complexity index is 2180. The van der Waals surface area contributed by atoms with E-state index in [1.54, 1.807) is 0 Å². The Hall–Kier alpha value is -5.33. The van der Waals surface area contributed by atoms with Crippen molar-refractivity contribution in [2.45, 2.75) is 5.41 Å². The molecule has 188 valence electrons. The standard InChI is InChI=1S/C38H23BN2/c1-40-32-24-23-28-27-17-8-11-21-33(27)41-34-22-12-19-30-35(34)39(36(32)37(28)41)31-20-10-9-18-29(31)38(30,25-13-4-2-5-14-25)26-15-6-3-7-16-26/h2-24H. The number of benzene rings is 6. The molecule has 0 atom stereocenters. The summed E-state index contributed by atoms with van der Waals surface area (Å²) in [7, 11) is 0. The lowest BCUT2D eigenvalue weighted by Crippen LogP contribution is -2.64. The number of rotatable bonds is 2. The van der Waals surface area contributed by atoms with Crippen molar-refractivity contribution in [2.24, 2.45) is 0 Å². The fourth-order valence-corrected chi connectivity index (χ4v) is 7.94. The molecule has 3 heteroatoms. The largest absolute Gasteiger partial charge is 0.312 e. The van der Waals surface area contributed by atoms with Crippen molar-refractivity contribution in [3.63, 3.8) is 0 Å².